The molecule has 0 aromatic heterocycles. The van der Waals surface area contributed by atoms with E-state index in [0.717, 1.165) is 42.6 Å². The molecule has 0 radical (unpaired) electrons. The van der Waals surface area contributed by atoms with Crippen molar-refractivity contribution in [2.24, 2.45) is 5.92 Å². The number of hydrogen-bond donors (Lipinski definition) is 0. The molecule has 31 heavy (non-hydrogen) atoms. The first-order valence-corrected chi connectivity index (χ1v) is 10.8. The molecule has 2 aliphatic carbocycles. The normalized spacial score (nSPS) is 18.2. The van der Waals surface area contributed by atoms with Crippen LogP contribution in [0.5, 0.6) is 5.75 Å². The Morgan fingerprint density at radius 1 is 1.16 bits per heavy atom. The summed E-state index contributed by atoms with van der Waals surface area (Å²) in [5.74, 6) is 5.13. The maximum atomic E-state index is 13.2. The largest absolute Gasteiger partial charge is 0.497 e. The van der Waals surface area contributed by atoms with Crippen LogP contribution in [0.4, 0.5) is 0 Å². The number of ether oxygens (including phenoxy) is 2. The standard InChI is InChI=1S/C26H28O5/c1-3-31-24(28)17-20-15-21(26(29)25(20)19-7-5-4-6-8-19)16-22(27)12-9-18-10-13-23(30-2)14-11-18/h7,10-11,13-14,21H,3-6,8,15-17H2,1-2H3. The molecule has 162 valence electrons. The zero-order valence-corrected chi connectivity index (χ0v) is 18.2. The topological polar surface area (TPSA) is 69.7 Å². The van der Waals surface area contributed by atoms with E-state index in [4.69, 9.17) is 9.47 Å². The van der Waals surface area contributed by atoms with Crippen LogP contribution in [0, 0.1) is 17.8 Å². The summed E-state index contributed by atoms with van der Waals surface area (Å²) < 4.78 is 10.2. The summed E-state index contributed by atoms with van der Waals surface area (Å²) in [5.41, 5.74) is 3.20. The summed E-state index contributed by atoms with van der Waals surface area (Å²) in [6.07, 6.45) is 6.61. The number of hydrogen-bond acceptors (Lipinski definition) is 5. The lowest BCUT2D eigenvalue weighted by Crippen LogP contribution is -2.15. The second kappa shape index (κ2) is 10.8. The van der Waals surface area contributed by atoms with Gasteiger partial charge in [-0.05, 0) is 80.4 Å². The van der Waals surface area contributed by atoms with Crippen LogP contribution in [0.15, 0.2) is 47.1 Å². The third kappa shape index (κ3) is 5.95. The minimum atomic E-state index is -0.458. The van der Waals surface area contributed by atoms with Crippen LogP contribution in [0.3, 0.4) is 0 Å². The van der Waals surface area contributed by atoms with Crippen molar-refractivity contribution < 1.29 is 23.9 Å². The second-order valence-electron chi connectivity index (χ2n) is 7.81. The Bertz CT molecular complexity index is 969. The lowest BCUT2D eigenvalue weighted by Gasteiger charge is -2.15. The SMILES string of the molecule is CCOC(=O)CC1=C(C2=CCCCC2)C(=O)C(CC(=O)C#Cc2ccc(OC)cc2)C1. The van der Waals surface area contributed by atoms with Crippen molar-refractivity contribution in [3.8, 4) is 17.6 Å². The van der Waals surface area contributed by atoms with Crippen molar-refractivity contribution in [3.63, 3.8) is 0 Å². The zero-order valence-electron chi connectivity index (χ0n) is 18.2. The first-order chi connectivity index (χ1) is 15.0. The van der Waals surface area contributed by atoms with Gasteiger partial charge in [0.05, 0.1) is 20.1 Å². The Morgan fingerprint density at radius 2 is 1.94 bits per heavy atom. The number of carbonyl (C=O) groups excluding carboxylic acids is 3. The van der Waals surface area contributed by atoms with Gasteiger partial charge in [0.25, 0.3) is 0 Å². The van der Waals surface area contributed by atoms with Gasteiger partial charge in [-0.2, -0.15) is 0 Å². The molecular weight excluding hydrogens is 392 g/mol. The Morgan fingerprint density at radius 3 is 2.58 bits per heavy atom. The summed E-state index contributed by atoms with van der Waals surface area (Å²) in [5, 5.41) is 0. The van der Waals surface area contributed by atoms with Crippen molar-refractivity contribution in [3.05, 3.63) is 52.6 Å². The molecule has 1 atom stereocenters. The number of benzene rings is 1. The van der Waals surface area contributed by atoms with Gasteiger partial charge in [0.1, 0.15) is 5.75 Å². The number of allylic oxidation sites excluding steroid dienone is 3. The summed E-state index contributed by atoms with van der Waals surface area (Å²) >= 11 is 0. The molecule has 0 saturated carbocycles. The van der Waals surface area contributed by atoms with Crippen molar-refractivity contribution in [1.82, 2.24) is 0 Å². The van der Waals surface area contributed by atoms with E-state index in [9.17, 15) is 14.4 Å². The lowest BCUT2D eigenvalue weighted by molar-refractivity contribution is -0.142. The summed E-state index contributed by atoms with van der Waals surface area (Å²) in [6, 6.07) is 7.13. The number of Topliss-reactive ketones (excluding diaryl/α,β-unsaturated/α-hetero) is 2. The van der Waals surface area contributed by atoms with Crippen molar-refractivity contribution >= 4 is 17.5 Å². The fraction of sp³-hybridized carbons (Fsp3) is 0.423. The van der Waals surface area contributed by atoms with Crippen molar-refractivity contribution in [2.45, 2.75) is 51.9 Å². The molecule has 0 spiro atoms. The molecule has 5 heteroatoms. The maximum absolute atomic E-state index is 13.2. The minimum Gasteiger partial charge on any atom is -0.497 e. The van der Waals surface area contributed by atoms with Crippen LogP contribution in [-0.2, 0) is 19.1 Å². The van der Waals surface area contributed by atoms with E-state index < -0.39 is 5.92 Å². The molecule has 2 aliphatic rings. The molecular formula is C26H28O5. The predicted molar refractivity (Wildman–Crippen MR) is 117 cm³/mol. The van der Waals surface area contributed by atoms with Crippen LogP contribution < -0.4 is 4.74 Å². The lowest BCUT2D eigenvalue weighted by atomic mass is 9.89. The van der Waals surface area contributed by atoms with E-state index in [1.54, 1.807) is 38.3 Å². The molecule has 3 rings (SSSR count). The molecule has 1 unspecified atom stereocenters. The fourth-order valence-electron chi connectivity index (χ4n) is 4.12. The van der Waals surface area contributed by atoms with E-state index in [2.05, 4.69) is 17.9 Å². The van der Waals surface area contributed by atoms with Crippen LogP contribution in [0.25, 0.3) is 0 Å². The number of ketones is 2. The summed E-state index contributed by atoms with van der Waals surface area (Å²) in [4.78, 5) is 37.7. The van der Waals surface area contributed by atoms with Gasteiger partial charge in [0, 0.05) is 23.5 Å². The van der Waals surface area contributed by atoms with Crippen LogP contribution >= 0.6 is 0 Å². The highest BCUT2D eigenvalue weighted by atomic mass is 16.5. The van der Waals surface area contributed by atoms with Gasteiger partial charge in [-0.3, -0.25) is 14.4 Å². The molecule has 0 bridgehead atoms. The Labute approximate surface area is 183 Å². The van der Waals surface area contributed by atoms with Gasteiger partial charge in [-0.25, -0.2) is 0 Å². The molecule has 0 N–H and O–H groups in total. The highest BCUT2D eigenvalue weighted by Gasteiger charge is 2.36. The van der Waals surface area contributed by atoms with Gasteiger partial charge in [-0.1, -0.05) is 12.0 Å². The highest BCUT2D eigenvalue weighted by Crippen LogP contribution is 2.39. The first kappa shape index (κ1) is 22.6. The van der Waals surface area contributed by atoms with E-state index in [1.807, 2.05) is 0 Å². The average molecular weight is 421 g/mol. The number of esters is 1. The van der Waals surface area contributed by atoms with Crippen LogP contribution in [0.2, 0.25) is 0 Å². The average Bonchev–Trinajstić information content (AvgIpc) is 3.07. The molecule has 1 aromatic rings. The Hall–Kier alpha value is -3.13. The second-order valence-corrected chi connectivity index (χ2v) is 7.81. The van der Waals surface area contributed by atoms with Crippen LogP contribution in [0.1, 0.15) is 57.4 Å². The Kier molecular flexibility index (Phi) is 7.83. The monoisotopic (exact) mass is 420 g/mol. The summed E-state index contributed by atoms with van der Waals surface area (Å²) in [7, 11) is 1.59. The molecule has 0 amide bonds. The van der Waals surface area contributed by atoms with Crippen LogP contribution in [-0.4, -0.2) is 31.3 Å². The number of carbonyl (C=O) groups is 3. The molecule has 0 aliphatic heterocycles. The van der Waals surface area contributed by atoms with Gasteiger partial charge < -0.3 is 9.47 Å². The third-order valence-corrected chi connectivity index (χ3v) is 5.61. The van der Waals surface area contributed by atoms with E-state index >= 15 is 0 Å². The van der Waals surface area contributed by atoms with Crippen molar-refractivity contribution in [1.29, 1.82) is 0 Å². The molecule has 1 aromatic carbocycles. The number of methoxy groups -OCH3 is 1. The van der Waals surface area contributed by atoms with E-state index in [1.165, 1.54) is 0 Å². The van der Waals surface area contributed by atoms with Gasteiger partial charge in [-0.15, -0.1) is 0 Å². The molecule has 5 nitrogen and oxygen atoms in total. The minimum absolute atomic E-state index is 0.0351. The van der Waals surface area contributed by atoms with Crippen molar-refractivity contribution in [2.75, 3.05) is 13.7 Å². The van der Waals surface area contributed by atoms with Gasteiger partial charge >= 0.3 is 5.97 Å². The fourth-order valence-corrected chi connectivity index (χ4v) is 4.12. The molecule has 0 heterocycles. The molecule has 0 fully saturated rings. The molecule has 0 saturated heterocycles. The quantitative estimate of drug-likeness (QED) is 0.485. The maximum Gasteiger partial charge on any atom is 0.309 e. The number of rotatable bonds is 7. The predicted octanol–water partition coefficient (Wildman–Crippen LogP) is 4.35. The Balaban J connectivity index is 1.72. The summed E-state index contributed by atoms with van der Waals surface area (Å²) in [6.45, 7) is 2.07. The van der Waals surface area contributed by atoms with Gasteiger partial charge in [0.2, 0.25) is 5.78 Å². The van der Waals surface area contributed by atoms with Gasteiger partial charge in [0.15, 0.2) is 5.78 Å². The van der Waals surface area contributed by atoms with E-state index in [-0.39, 0.29) is 30.4 Å². The smallest absolute Gasteiger partial charge is 0.309 e. The first-order valence-electron chi connectivity index (χ1n) is 10.8. The zero-order chi connectivity index (χ0) is 22.2. The third-order valence-electron chi connectivity index (χ3n) is 5.61. The highest BCUT2D eigenvalue weighted by molar-refractivity contribution is 6.08. The van der Waals surface area contributed by atoms with E-state index in [0.29, 0.717) is 24.2 Å².